The second kappa shape index (κ2) is 6.59. The Morgan fingerprint density at radius 1 is 1.23 bits per heavy atom. The van der Waals surface area contributed by atoms with Crippen LogP contribution in [0, 0.1) is 0 Å². The van der Waals surface area contributed by atoms with E-state index in [1.54, 1.807) is 12.1 Å². The van der Waals surface area contributed by atoms with Gasteiger partial charge in [-0.2, -0.15) is 0 Å². The summed E-state index contributed by atoms with van der Waals surface area (Å²) in [4.78, 5) is 40.0. The fraction of sp³-hybridized carbons (Fsp3) is 0.263. The summed E-state index contributed by atoms with van der Waals surface area (Å²) in [6, 6.07) is 6.61. The lowest BCUT2D eigenvalue weighted by Crippen LogP contribution is -2.14. The van der Waals surface area contributed by atoms with Crippen LogP contribution in [0.2, 0.25) is 0 Å². The maximum absolute atomic E-state index is 12.9. The van der Waals surface area contributed by atoms with Gasteiger partial charge in [-0.05, 0) is 29.7 Å². The minimum absolute atomic E-state index is 0.0105. The largest absolute Gasteiger partial charge is 0.481 e. The molecule has 26 heavy (non-hydrogen) atoms. The zero-order chi connectivity index (χ0) is 19.0. The summed E-state index contributed by atoms with van der Waals surface area (Å²) in [7, 11) is 1.18. The highest BCUT2D eigenvalue weighted by atomic mass is 16.5. The molecule has 0 amide bonds. The minimum atomic E-state index is -1.16. The molecule has 0 bridgehead atoms. The fourth-order valence-corrected chi connectivity index (χ4v) is 2.76. The van der Waals surface area contributed by atoms with E-state index in [9.17, 15) is 14.4 Å². The van der Waals surface area contributed by atoms with Crippen molar-refractivity contribution in [2.75, 3.05) is 7.11 Å². The predicted molar refractivity (Wildman–Crippen MR) is 94.6 cm³/mol. The minimum Gasteiger partial charge on any atom is -0.481 e. The summed E-state index contributed by atoms with van der Waals surface area (Å²) < 4.78 is 10.4. The van der Waals surface area contributed by atoms with Crippen LogP contribution in [0.25, 0.3) is 22.1 Å². The zero-order valence-corrected chi connectivity index (χ0v) is 14.5. The Morgan fingerprint density at radius 2 is 1.96 bits per heavy atom. The van der Waals surface area contributed by atoms with Crippen molar-refractivity contribution in [3.63, 3.8) is 0 Å². The quantitative estimate of drug-likeness (QED) is 0.566. The Morgan fingerprint density at radius 3 is 2.58 bits per heavy atom. The maximum Gasteiger partial charge on any atom is 0.339 e. The predicted octanol–water partition coefficient (Wildman–Crippen LogP) is 2.88. The van der Waals surface area contributed by atoms with E-state index in [2.05, 4.69) is 9.72 Å². The SMILES string of the molecule is COC(=O)c1cc2c(=O)c3cc(C(C)C)ccc3oc2nc1CC(=O)O. The number of rotatable bonds is 4. The zero-order valence-electron chi connectivity index (χ0n) is 14.5. The molecule has 7 heteroatoms. The van der Waals surface area contributed by atoms with Crippen LogP contribution < -0.4 is 5.43 Å². The molecule has 0 radical (unpaired) electrons. The number of benzene rings is 1. The molecule has 1 aromatic carbocycles. The first-order chi connectivity index (χ1) is 12.3. The molecule has 1 N–H and O–H groups in total. The van der Waals surface area contributed by atoms with Gasteiger partial charge in [-0.1, -0.05) is 19.9 Å². The lowest BCUT2D eigenvalue weighted by Gasteiger charge is -2.09. The molecule has 2 heterocycles. The van der Waals surface area contributed by atoms with Crippen molar-refractivity contribution in [1.82, 2.24) is 4.98 Å². The molecule has 134 valence electrons. The average molecular weight is 355 g/mol. The molecule has 0 fully saturated rings. The van der Waals surface area contributed by atoms with Gasteiger partial charge in [-0.3, -0.25) is 9.59 Å². The third kappa shape index (κ3) is 3.03. The second-order valence-electron chi connectivity index (χ2n) is 6.24. The van der Waals surface area contributed by atoms with Gasteiger partial charge in [0.05, 0.1) is 35.6 Å². The van der Waals surface area contributed by atoms with E-state index in [0.29, 0.717) is 11.0 Å². The number of carboxylic acids is 1. The Labute approximate surface area is 148 Å². The topological polar surface area (TPSA) is 107 Å². The van der Waals surface area contributed by atoms with Crippen LogP contribution in [0.5, 0.6) is 0 Å². The van der Waals surface area contributed by atoms with Gasteiger partial charge in [0.15, 0.2) is 0 Å². The first kappa shape index (κ1) is 17.6. The van der Waals surface area contributed by atoms with Gasteiger partial charge in [0.25, 0.3) is 0 Å². The number of fused-ring (bicyclic) bond motifs is 2. The van der Waals surface area contributed by atoms with Crippen LogP contribution >= 0.6 is 0 Å². The first-order valence-electron chi connectivity index (χ1n) is 8.02. The summed E-state index contributed by atoms with van der Waals surface area (Å²) >= 11 is 0. The van der Waals surface area contributed by atoms with Crippen molar-refractivity contribution >= 4 is 34.0 Å². The third-order valence-electron chi connectivity index (χ3n) is 4.16. The number of methoxy groups -OCH3 is 1. The highest BCUT2D eigenvalue weighted by molar-refractivity contribution is 5.97. The van der Waals surface area contributed by atoms with E-state index in [-0.39, 0.29) is 33.7 Å². The number of esters is 1. The van der Waals surface area contributed by atoms with Gasteiger partial charge in [-0.15, -0.1) is 0 Å². The van der Waals surface area contributed by atoms with Gasteiger partial charge in [0, 0.05) is 0 Å². The third-order valence-corrected chi connectivity index (χ3v) is 4.16. The average Bonchev–Trinajstić information content (AvgIpc) is 2.60. The molecular formula is C19H17NO6. The normalized spacial score (nSPS) is 11.2. The number of pyridine rings is 1. The summed E-state index contributed by atoms with van der Waals surface area (Å²) in [6.45, 7) is 4.03. The van der Waals surface area contributed by atoms with Crippen LogP contribution in [-0.2, 0) is 16.0 Å². The van der Waals surface area contributed by atoms with Gasteiger partial charge < -0.3 is 14.3 Å². The molecule has 0 aliphatic heterocycles. The van der Waals surface area contributed by atoms with Crippen LogP contribution in [0.4, 0.5) is 0 Å². The Balaban J connectivity index is 2.36. The van der Waals surface area contributed by atoms with E-state index in [1.165, 1.54) is 13.2 Å². The van der Waals surface area contributed by atoms with Gasteiger partial charge in [0.1, 0.15) is 5.58 Å². The smallest absolute Gasteiger partial charge is 0.339 e. The summed E-state index contributed by atoms with van der Waals surface area (Å²) in [5, 5.41) is 9.53. The van der Waals surface area contributed by atoms with Crippen molar-refractivity contribution in [2.45, 2.75) is 26.2 Å². The molecular weight excluding hydrogens is 338 g/mol. The van der Waals surface area contributed by atoms with E-state index >= 15 is 0 Å². The Hall–Kier alpha value is -3.22. The monoisotopic (exact) mass is 355 g/mol. The van der Waals surface area contributed by atoms with E-state index < -0.39 is 18.4 Å². The number of aliphatic carboxylic acids is 1. The second-order valence-corrected chi connectivity index (χ2v) is 6.24. The molecule has 3 aromatic rings. The molecule has 7 nitrogen and oxygen atoms in total. The van der Waals surface area contributed by atoms with Crippen molar-refractivity contribution in [3.8, 4) is 0 Å². The molecule has 0 unspecified atom stereocenters. The summed E-state index contributed by atoms with van der Waals surface area (Å²) in [5.74, 6) is -1.69. The molecule has 2 aromatic heterocycles. The van der Waals surface area contributed by atoms with E-state index in [0.717, 1.165) is 5.56 Å². The van der Waals surface area contributed by atoms with Crippen LogP contribution in [0.1, 0.15) is 41.4 Å². The van der Waals surface area contributed by atoms with Gasteiger partial charge >= 0.3 is 11.9 Å². The van der Waals surface area contributed by atoms with Crippen molar-refractivity contribution in [1.29, 1.82) is 0 Å². The maximum atomic E-state index is 12.9. The molecule has 0 saturated carbocycles. The number of carbonyl (C=O) groups excluding carboxylic acids is 1. The van der Waals surface area contributed by atoms with Crippen LogP contribution in [0.15, 0.2) is 33.5 Å². The molecule has 0 spiro atoms. The molecule has 3 rings (SSSR count). The Kier molecular flexibility index (Phi) is 4.46. The molecule has 0 saturated heterocycles. The van der Waals surface area contributed by atoms with E-state index in [1.807, 2.05) is 19.9 Å². The number of hydrogen-bond donors (Lipinski definition) is 1. The number of hydrogen-bond acceptors (Lipinski definition) is 6. The lowest BCUT2D eigenvalue weighted by molar-refractivity contribution is -0.136. The first-order valence-corrected chi connectivity index (χ1v) is 8.02. The highest BCUT2D eigenvalue weighted by Crippen LogP contribution is 2.24. The fourth-order valence-electron chi connectivity index (χ4n) is 2.76. The Bertz CT molecular complexity index is 1100. The molecule has 0 atom stereocenters. The number of nitrogens with zero attached hydrogens (tertiary/aromatic N) is 1. The number of carbonyl (C=O) groups is 2. The standard InChI is InChI=1S/C19H17NO6/c1-9(2)10-4-5-15-12(6-10)17(23)13-7-11(19(24)25-3)14(8-16(21)22)20-18(13)26-15/h4-7,9H,8H2,1-3H3,(H,21,22). The van der Waals surface area contributed by atoms with Crippen LogP contribution in [0.3, 0.4) is 0 Å². The lowest BCUT2D eigenvalue weighted by atomic mass is 10.0. The summed E-state index contributed by atoms with van der Waals surface area (Å²) in [5.41, 5.74) is 0.915. The molecule has 0 aliphatic rings. The van der Waals surface area contributed by atoms with E-state index in [4.69, 9.17) is 9.52 Å². The number of ether oxygens (including phenoxy) is 1. The summed E-state index contributed by atoms with van der Waals surface area (Å²) in [6.07, 6.45) is -0.492. The van der Waals surface area contributed by atoms with Crippen LogP contribution in [-0.4, -0.2) is 29.1 Å². The van der Waals surface area contributed by atoms with Gasteiger partial charge in [0.2, 0.25) is 11.1 Å². The number of carboxylic acid groups (broad SMARTS) is 1. The van der Waals surface area contributed by atoms with Gasteiger partial charge in [-0.25, -0.2) is 9.78 Å². The van der Waals surface area contributed by atoms with Crippen molar-refractivity contribution in [3.05, 3.63) is 51.3 Å². The van der Waals surface area contributed by atoms with Crippen molar-refractivity contribution < 1.29 is 23.8 Å². The number of aromatic nitrogens is 1. The highest BCUT2D eigenvalue weighted by Gasteiger charge is 2.20. The molecule has 0 aliphatic carbocycles. The van der Waals surface area contributed by atoms with Crippen molar-refractivity contribution in [2.24, 2.45) is 0 Å².